The van der Waals surface area contributed by atoms with Crippen LogP contribution in [0.1, 0.15) is 27.3 Å². The lowest BCUT2D eigenvalue weighted by Crippen LogP contribution is -2.24. The Hall–Kier alpha value is -3.07. The van der Waals surface area contributed by atoms with Crippen molar-refractivity contribution in [3.05, 3.63) is 91.6 Å². The Morgan fingerprint density at radius 3 is 2.63 bits per heavy atom. The summed E-state index contributed by atoms with van der Waals surface area (Å²) in [6, 6.07) is 8.17. The van der Waals surface area contributed by atoms with Gasteiger partial charge in [0.15, 0.2) is 0 Å². The molecule has 0 spiro atoms. The molecule has 0 aliphatic carbocycles. The van der Waals surface area contributed by atoms with Crippen LogP contribution in [0.15, 0.2) is 51.9 Å². The van der Waals surface area contributed by atoms with E-state index in [1.165, 1.54) is 23.9 Å². The first-order valence-corrected chi connectivity index (χ1v) is 9.73. The van der Waals surface area contributed by atoms with Gasteiger partial charge in [-0.05, 0) is 46.6 Å². The first kappa shape index (κ1) is 21.6. The van der Waals surface area contributed by atoms with E-state index in [0.29, 0.717) is 5.69 Å². The summed E-state index contributed by atoms with van der Waals surface area (Å²) >= 11 is 3.24. The minimum absolute atomic E-state index is 0.154. The monoisotopic (exact) mass is 477 g/mol. The Kier molecular flexibility index (Phi) is 6.61. The summed E-state index contributed by atoms with van der Waals surface area (Å²) in [6.45, 7) is 1.83. The lowest BCUT2D eigenvalue weighted by atomic mass is 10.2. The maximum absolute atomic E-state index is 13.8. The molecule has 1 aromatic carbocycles. The smallest absolute Gasteiger partial charge is 0.269 e. The average Bonchev–Trinajstić information content (AvgIpc) is 2.73. The average molecular weight is 478 g/mol. The molecular weight excluding hydrogens is 460 g/mol. The van der Waals surface area contributed by atoms with Crippen molar-refractivity contribution >= 4 is 21.8 Å². The topological polar surface area (TPSA) is 73.2 Å². The summed E-state index contributed by atoms with van der Waals surface area (Å²) in [6.07, 6.45) is 1.53. The molecule has 30 heavy (non-hydrogen) atoms. The van der Waals surface area contributed by atoms with Crippen LogP contribution in [0.25, 0.3) is 0 Å². The molecule has 3 aromatic rings. The van der Waals surface area contributed by atoms with Gasteiger partial charge in [-0.1, -0.05) is 6.07 Å². The fraction of sp³-hybridized carbons (Fsp3) is 0.190. The van der Waals surface area contributed by atoms with Crippen molar-refractivity contribution < 1.29 is 18.3 Å². The number of aryl methyl sites for hydroxylation is 1. The molecule has 6 nitrogen and oxygen atoms in total. The highest BCUT2D eigenvalue weighted by Gasteiger charge is 2.14. The zero-order valence-corrected chi connectivity index (χ0v) is 17.8. The molecule has 1 N–H and O–H groups in total. The van der Waals surface area contributed by atoms with E-state index in [2.05, 4.69) is 26.2 Å². The molecule has 0 saturated heterocycles. The molecule has 2 heterocycles. The molecule has 0 fully saturated rings. The van der Waals surface area contributed by atoms with Crippen LogP contribution in [0.5, 0.6) is 5.75 Å². The number of amides is 1. The predicted molar refractivity (Wildman–Crippen MR) is 111 cm³/mol. The van der Waals surface area contributed by atoms with Crippen molar-refractivity contribution in [2.75, 3.05) is 7.05 Å². The largest absolute Gasteiger partial charge is 0.487 e. The normalized spacial score (nSPS) is 10.7. The number of pyridine rings is 2. The predicted octanol–water partition coefficient (Wildman–Crippen LogP) is 3.58. The maximum atomic E-state index is 13.8. The molecule has 0 unspecified atom stereocenters. The third-order valence-corrected chi connectivity index (χ3v) is 5.17. The van der Waals surface area contributed by atoms with Gasteiger partial charge in [0.25, 0.3) is 11.5 Å². The van der Waals surface area contributed by atoms with Crippen molar-refractivity contribution in [2.45, 2.75) is 20.1 Å². The third-order valence-electron chi connectivity index (χ3n) is 4.44. The van der Waals surface area contributed by atoms with E-state index in [4.69, 9.17) is 4.74 Å². The first-order valence-electron chi connectivity index (χ1n) is 8.94. The van der Waals surface area contributed by atoms with Crippen molar-refractivity contribution in [3.8, 4) is 5.75 Å². The highest BCUT2D eigenvalue weighted by Crippen LogP contribution is 2.24. The van der Waals surface area contributed by atoms with Crippen LogP contribution < -0.4 is 15.6 Å². The van der Waals surface area contributed by atoms with Gasteiger partial charge in [-0.25, -0.2) is 8.78 Å². The van der Waals surface area contributed by atoms with E-state index in [9.17, 15) is 18.4 Å². The molecule has 2 aromatic heterocycles. The molecule has 1 amide bonds. The summed E-state index contributed by atoms with van der Waals surface area (Å²) in [4.78, 5) is 28.5. The Morgan fingerprint density at radius 1 is 1.23 bits per heavy atom. The number of benzene rings is 1. The fourth-order valence-electron chi connectivity index (χ4n) is 2.77. The van der Waals surface area contributed by atoms with Crippen LogP contribution in [0.2, 0.25) is 0 Å². The summed E-state index contributed by atoms with van der Waals surface area (Å²) < 4.78 is 34.1. The molecule has 156 valence electrons. The molecule has 0 radical (unpaired) electrons. The number of hydrogen-bond donors (Lipinski definition) is 1. The van der Waals surface area contributed by atoms with E-state index in [0.717, 1.165) is 17.7 Å². The highest BCUT2D eigenvalue weighted by molar-refractivity contribution is 9.10. The summed E-state index contributed by atoms with van der Waals surface area (Å²) in [5, 5.41) is 2.49. The zero-order valence-electron chi connectivity index (χ0n) is 16.2. The quantitative estimate of drug-likeness (QED) is 0.588. The minimum atomic E-state index is -0.719. The van der Waals surface area contributed by atoms with Gasteiger partial charge in [-0.15, -0.1) is 0 Å². The molecule has 0 aliphatic heterocycles. The van der Waals surface area contributed by atoms with Gasteiger partial charge in [0, 0.05) is 36.6 Å². The van der Waals surface area contributed by atoms with Crippen molar-refractivity contribution in [3.63, 3.8) is 0 Å². The van der Waals surface area contributed by atoms with Gasteiger partial charge < -0.3 is 14.6 Å². The molecule has 0 atom stereocenters. The minimum Gasteiger partial charge on any atom is -0.487 e. The summed E-state index contributed by atoms with van der Waals surface area (Å²) in [5.41, 5.74) is 1.48. The van der Waals surface area contributed by atoms with E-state index < -0.39 is 11.6 Å². The number of aromatic nitrogens is 2. The van der Waals surface area contributed by atoms with Crippen molar-refractivity contribution in [1.29, 1.82) is 0 Å². The number of nitrogens with one attached hydrogen (secondary N) is 1. The van der Waals surface area contributed by atoms with E-state index in [1.54, 1.807) is 25.1 Å². The molecular formula is C21H18BrF2N3O3. The van der Waals surface area contributed by atoms with Crippen LogP contribution in [-0.4, -0.2) is 22.5 Å². The van der Waals surface area contributed by atoms with Crippen molar-refractivity contribution in [2.24, 2.45) is 0 Å². The summed E-state index contributed by atoms with van der Waals surface area (Å²) in [5.74, 6) is -1.43. The van der Waals surface area contributed by atoms with E-state index in [-0.39, 0.29) is 46.1 Å². The standard InChI is InChI=1S/C21H18BrF2N3O3/c1-12-7-18(30-11-14-4-5-15(23)8-16(14)24)19(22)21(29)27(12)10-13-3-6-17(26-9-13)20(28)25-2/h3-9H,10-11H2,1-2H3,(H,25,28). The second-order valence-corrected chi connectivity index (χ2v) is 7.30. The van der Waals surface area contributed by atoms with Gasteiger partial charge in [0.05, 0.1) is 6.54 Å². The SMILES string of the molecule is CNC(=O)c1ccc(Cn2c(C)cc(OCc3ccc(F)cc3F)c(Br)c2=O)cn1. The Bertz CT molecular complexity index is 1150. The van der Waals surface area contributed by atoms with Crippen LogP contribution in [0.4, 0.5) is 8.78 Å². The maximum Gasteiger partial charge on any atom is 0.269 e. The third kappa shape index (κ3) is 4.73. The van der Waals surface area contributed by atoms with Gasteiger partial charge in [0.1, 0.15) is 34.2 Å². The van der Waals surface area contributed by atoms with E-state index in [1.807, 2.05) is 0 Å². The number of carbonyl (C=O) groups excluding carboxylic acids is 1. The fourth-order valence-corrected chi connectivity index (χ4v) is 3.22. The number of ether oxygens (including phenoxy) is 1. The second kappa shape index (κ2) is 9.17. The second-order valence-electron chi connectivity index (χ2n) is 6.51. The molecule has 0 aliphatic rings. The number of halogens is 3. The Balaban J connectivity index is 1.80. The van der Waals surface area contributed by atoms with Gasteiger partial charge in [-0.3, -0.25) is 14.6 Å². The van der Waals surface area contributed by atoms with Crippen LogP contribution in [0, 0.1) is 18.6 Å². The number of carbonyl (C=O) groups is 1. The van der Waals surface area contributed by atoms with Crippen LogP contribution in [-0.2, 0) is 13.2 Å². The van der Waals surface area contributed by atoms with Crippen LogP contribution in [0.3, 0.4) is 0 Å². The highest BCUT2D eigenvalue weighted by atomic mass is 79.9. The molecule has 0 bridgehead atoms. The van der Waals surface area contributed by atoms with Gasteiger partial charge in [0.2, 0.25) is 0 Å². The number of nitrogens with zero attached hydrogens (tertiary/aromatic N) is 2. The number of rotatable bonds is 6. The first-order chi connectivity index (χ1) is 14.3. The lowest BCUT2D eigenvalue weighted by molar-refractivity contribution is 0.0958. The molecule has 3 rings (SSSR count). The zero-order chi connectivity index (χ0) is 21.8. The summed E-state index contributed by atoms with van der Waals surface area (Å²) in [7, 11) is 1.52. The Morgan fingerprint density at radius 2 is 2.00 bits per heavy atom. The van der Waals surface area contributed by atoms with Gasteiger partial charge in [-0.2, -0.15) is 0 Å². The number of hydrogen-bond acceptors (Lipinski definition) is 4. The van der Waals surface area contributed by atoms with Gasteiger partial charge >= 0.3 is 0 Å². The molecule has 9 heteroatoms. The molecule has 0 saturated carbocycles. The Labute approximate surface area is 179 Å². The van der Waals surface area contributed by atoms with Crippen molar-refractivity contribution in [1.82, 2.24) is 14.9 Å². The van der Waals surface area contributed by atoms with Crippen LogP contribution >= 0.6 is 15.9 Å². The lowest BCUT2D eigenvalue weighted by Gasteiger charge is -2.15. The van der Waals surface area contributed by atoms with E-state index >= 15 is 0 Å².